The van der Waals surface area contributed by atoms with Crippen LogP contribution in [0.15, 0.2) is 52.7 Å². The molecule has 0 spiro atoms. The lowest BCUT2D eigenvalue weighted by Crippen LogP contribution is -2.00. The number of alkyl halides is 1. The van der Waals surface area contributed by atoms with Crippen molar-refractivity contribution in [3.8, 4) is 0 Å². The Hall–Kier alpha value is -1.44. The number of allylic oxidation sites excluding steroid dienone is 6. The predicted octanol–water partition coefficient (Wildman–Crippen LogP) is 5.71. The van der Waals surface area contributed by atoms with E-state index in [9.17, 15) is 4.39 Å². The molecule has 0 amide bonds. The summed E-state index contributed by atoms with van der Waals surface area (Å²) in [6.45, 7) is 14.2. The molecule has 0 bridgehead atoms. The van der Waals surface area contributed by atoms with E-state index in [1.807, 2.05) is 32.9 Å². The minimum absolute atomic E-state index is 0.620. The topological polar surface area (TPSA) is 12.4 Å². The Morgan fingerprint density at radius 1 is 1.30 bits per heavy atom. The summed E-state index contributed by atoms with van der Waals surface area (Å²) in [4.78, 5) is 4.43. The number of hydrogen-bond acceptors (Lipinski definition) is 1. The van der Waals surface area contributed by atoms with E-state index in [2.05, 4.69) is 18.2 Å². The lowest BCUT2D eigenvalue weighted by molar-refractivity contribution is 0.289. The van der Waals surface area contributed by atoms with Crippen LogP contribution < -0.4 is 0 Å². The van der Waals surface area contributed by atoms with Crippen molar-refractivity contribution >= 4 is 5.71 Å². The summed E-state index contributed by atoms with van der Waals surface area (Å²) >= 11 is 0. The average molecular weight is 275 g/mol. The van der Waals surface area contributed by atoms with Gasteiger partial charge in [0, 0.05) is 11.4 Å². The summed E-state index contributed by atoms with van der Waals surface area (Å²) in [5, 5.41) is 0. The van der Waals surface area contributed by atoms with E-state index in [0.717, 1.165) is 47.4 Å². The highest BCUT2D eigenvalue weighted by Crippen LogP contribution is 2.26. The van der Waals surface area contributed by atoms with Crippen LogP contribution in [0, 0.1) is 0 Å². The minimum atomic E-state index is -0.676. The first kappa shape index (κ1) is 16.6. The molecule has 1 unspecified atom stereocenters. The molecule has 0 saturated carbocycles. The number of aliphatic imine (C=N–C) groups is 1. The zero-order valence-electron chi connectivity index (χ0n) is 13.0. The van der Waals surface area contributed by atoms with Crippen molar-refractivity contribution in [1.82, 2.24) is 0 Å². The van der Waals surface area contributed by atoms with E-state index in [0.29, 0.717) is 12.8 Å². The van der Waals surface area contributed by atoms with Crippen molar-refractivity contribution in [1.29, 1.82) is 0 Å². The molecule has 2 heteroatoms. The molecule has 1 aliphatic heterocycles. The Bertz CT molecular complexity index is 463. The van der Waals surface area contributed by atoms with Crippen molar-refractivity contribution in [2.24, 2.45) is 4.99 Å². The average Bonchev–Trinajstić information content (AvgIpc) is 2.47. The SMILES string of the molecule is C=C1C=C(C)N=C(C)C=C1C(=C)CCCC(F)CCC. The maximum atomic E-state index is 13.5. The van der Waals surface area contributed by atoms with Crippen molar-refractivity contribution in [2.45, 2.75) is 59.0 Å². The number of rotatable bonds is 7. The van der Waals surface area contributed by atoms with Crippen molar-refractivity contribution in [2.75, 3.05) is 0 Å². The fraction of sp³-hybridized carbons (Fsp3) is 0.500. The van der Waals surface area contributed by atoms with Gasteiger partial charge in [0.15, 0.2) is 0 Å². The van der Waals surface area contributed by atoms with Crippen LogP contribution in [-0.2, 0) is 0 Å². The highest BCUT2D eigenvalue weighted by atomic mass is 19.1. The molecular weight excluding hydrogens is 249 g/mol. The summed E-state index contributed by atoms with van der Waals surface area (Å²) in [5.41, 5.74) is 4.94. The number of hydrogen-bond donors (Lipinski definition) is 0. The first-order valence-electron chi connectivity index (χ1n) is 7.40. The standard InChI is InChI=1S/C18H26FN/c1-6-8-17(19)10-7-9-13(2)18-12-16(5)20-15(4)11-14(18)3/h11-12,17H,2-3,6-10H2,1,4-5H3. The molecule has 20 heavy (non-hydrogen) atoms. The van der Waals surface area contributed by atoms with E-state index in [1.165, 1.54) is 0 Å². The van der Waals surface area contributed by atoms with E-state index >= 15 is 0 Å². The molecule has 0 fully saturated rings. The van der Waals surface area contributed by atoms with Gasteiger partial charge in [0.25, 0.3) is 0 Å². The van der Waals surface area contributed by atoms with Crippen LogP contribution in [-0.4, -0.2) is 11.9 Å². The highest BCUT2D eigenvalue weighted by molar-refractivity contribution is 5.96. The molecule has 0 aliphatic carbocycles. The second-order valence-corrected chi connectivity index (χ2v) is 5.50. The van der Waals surface area contributed by atoms with Gasteiger partial charge in [0.1, 0.15) is 6.17 Å². The van der Waals surface area contributed by atoms with Gasteiger partial charge in [-0.3, -0.25) is 4.99 Å². The smallest absolute Gasteiger partial charge is 0.100 e. The normalized spacial score (nSPS) is 17.0. The number of nitrogens with zero attached hydrogens (tertiary/aromatic N) is 1. The molecule has 0 radical (unpaired) electrons. The molecule has 1 heterocycles. The third-order valence-electron chi connectivity index (χ3n) is 3.41. The molecule has 110 valence electrons. The van der Waals surface area contributed by atoms with E-state index in [4.69, 9.17) is 0 Å². The van der Waals surface area contributed by atoms with Crippen LogP contribution in [0.3, 0.4) is 0 Å². The molecule has 0 aromatic carbocycles. The van der Waals surface area contributed by atoms with E-state index in [1.54, 1.807) is 0 Å². The van der Waals surface area contributed by atoms with Gasteiger partial charge in [-0.05, 0) is 68.4 Å². The van der Waals surface area contributed by atoms with Crippen molar-refractivity contribution in [3.05, 3.63) is 47.7 Å². The molecule has 1 aliphatic rings. The molecule has 0 saturated heterocycles. The Morgan fingerprint density at radius 2 is 2.00 bits per heavy atom. The van der Waals surface area contributed by atoms with Gasteiger partial charge in [-0.15, -0.1) is 0 Å². The maximum Gasteiger partial charge on any atom is 0.100 e. The van der Waals surface area contributed by atoms with Gasteiger partial charge < -0.3 is 0 Å². The minimum Gasteiger partial charge on any atom is -0.258 e. The maximum absolute atomic E-state index is 13.5. The van der Waals surface area contributed by atoms with Crippen LogP contribution in [0.2, 0.25) is 0 Å². The summed E-state index contributed by atoms with van der Waals surface area (Å²) < 4.78 is 13.5. The number of halogens is 1. The van der Waals surface area contributed by atoms with E-state index < -0.39 is 6.17 Å². The van der Waals surface area contributed by atoms with Crippen LogP contribution >= 0.6 is 0 Å². The summed E-state index contributed by atoms with van der Waals surface area (Å²) in [6.07, 6.45) is 7.16. The molecule has 1 nitrogen and oxygen atoms in total. The Morgan fingerprint density at radius 3 is 2.65 bits per heavy atom. The fourth-order valence-corrected chi connectivity index (χ4v) is 2.43. The van der Waals surface area contributed by atoms with Crippen molar-refractivity contribution in [3.63, 3.8) is 0 Å². The van der Waals surface area contributed by atoms with Gasteiger partial charge in [0.05, 0.1) is 0 Å². The second-order valence-electron chi connectivity index (χ2n) is 5.50. The van der Waals surface area contributed by atoms with Gasteiger partial charge in [-0.1, -0.05) is 26.5 Å². The quantitative estimate of drug-likeness (QED) is 0.564. The lowest BCUT2D eigenvalue weighted by atomic mass is 9.94. The first-order chi connectivity index (χ1) is 9.43. The molecular formula is C18H26FN. The Kier molecular flexibility index (Phi) is 6.63. The van der Waals surface area contributed by atoms with Crippen LogP contribution in [0.25, 0.3) is 0 Å². The zero-order chi connectivity index (χ0) is 15.1. The Labute approximate surface area is 122 Å². The third-order valence-corrected chi connectivity index (χ3v) is 3.41. The van der Waals surface area contributed by atoms with Crippen LogP contribution in [0.4, 0.5) is 4.39 Å². The Balaban J connectivity index is 2.59. The lowest BCUT2D eigenvalue weighted by Gasteiger charge is -2.12. The second kappa shape index (κ2) is 7.98. The zero-order valence-corrected chi connectivity index (χ0v) is 13.0. The summed E-state index contributed by atoms with van der Waals surface area (Å²) in [7, 11) is 0. The molecule has 1 rings (SSSR count). The van der Waals surface area contributed by atoms with Gasteiger partial charge >= 0.3 is 0 Å². The third kappa shape index (κ3) is 5.28. The van der Waals surface area contributed by atoms with E-state index in [-0.39, 0.29) is 0 Å². The van der Waals surface area contributed by atoms with Gasteiger partial charge in [-0.2, -0.15) is 0 Å². The van der Waals surface area contributed by atoms with Crippen molar-refractivity contribution < 1.29 is 4.39 Å². The largest absolute Gasteiger partial charge is 0.258 e. The fourth-order valence-electron chi connectivity index (χ4n) is 2.43. The predicted molar refractivity (Wildman–Crippen MR) is 86.9 cm³/mol. The highest BCUT2D eigenvalue weighted by Gasteiger charge is 2.11. The molecule has 0 N–H and O–H groups in total. The van der Waals surface area contributed by atoms with Crippen LogP contribution in [0.1, 0.15) is 52.9 Å². The first-order valence-corrected chi connectivity index (χ1v) is 7.40. The van der Waals surface area contributed by atoms with Gasteiger partial charge in [-0.25, -0.2) is 4.39 Å². The summed E-state index contributed by atoms with van der Waals surface area (Å²) in [5.74, 6) is 0. The molecule has 1 atom stereocenters. The summed E-state index contributed by atoms with van der Waals surface area (Å²) in [6, 6.07) is 0. The monoisotopic (exact) mass is 275 g/mol. The van der Waals surface area contributed by atoms with Gasteiger partial charge in [0.2, 0.25) is 0 Å². The molecule has 0 aromatic heterocycles. The molecule has 0 aromatic rings. The van der Waals surface area contributed by atoms with Crippen LogP contribution in [0.5, 0.6) is 0 Å².